The summed E-state index contributed by atoms with van der Waals surface area (Å²) in [7, 11) is 0. The van der Waals surface area contributed by atoms with Crippen molar-refractivity contribution in [1.29, 1.82) is 0 Å². The Morgan fingerprint density at radius 3 is 2.82 bits per heavy atom. The van der Waals surface area contributed by atoms with Crippen LogP contribution < -0.4 is 10.6 Å². The fraction of sp³-hybridized carbons (Fsp3) is 0.556. The third-order valence-corrected chi connectivity index (χ3v) is 8.93. The number of fused-ring (bicyclic) bond motifs is 2. The van der Waals surface area contributed by atoms with Crippen LogP contribution in [0.3, 0.4) is 0 Å². The number of aromatic nitrogens is 1. The number of amides is 1. The summed E-state index contributed by atoms with van der Waals surface area (Å²) in [5.41, 5.74) is 1.56. The summed E-state index contributed by atoms with van der Waals surface area (Å²) >= 11 is 7.66. The molecular weight excluding hydrogens is 530 g/mol. The first-order valence-corrected chi connectivity index (χ1v) is 14.6. The second-order valence-corrected chi connectivity index (χ2v) is 11.8. The number of nitrogens with one attached hydrogen (secondary N) is 2. The average Bonchev–Trinajstić information content (AvgIpc) is 3.20. The van der Waals surface area contributed by atoms with Crippen molar-refractivity contribution >= 4 is 45.6 Å². The van der Waals surface area contributed by atoms with Crippen LogP contribution in [-0.2, 0) is 14.3 Å². The van der Waals surface area contributed by atoms with Crippen molar-refractivity contribution in [3.8, 4) is 0 Å². The van der Waals surface area contributed by atoms with E-state index in [9.17, 15) is 20.1 Å². The van der Waals surface area contributed by atoms with Gasteiger partial charge in [0.2, 0.25) is 5.91 Å². The second-order valence-electron chi connectivity index (χ2n) is 10.2. The Balaban J connectivity index is 1.30. The highest BCUT2D eigenvalue weighted by molar-refractivity contribution is 7.99. The van der Waals surface area contributed by atoms with Crippen molar-refractivity contribution in [1.82, 2.24) is 15.6 Å². The Kier molecular flexibility index (Phi) is 8.61. The zero-order valence-electron chi connectivity index (χ0n) is 21.2. The van der Waals surface area contributed by atoms with Gasteiger partial charge in [0.1, 0.15) is 35.9 Å². The van der Waals surface area contributed by atoms with Gasteiger partial charge in [0.05, 0.1) is 24.1 Å². The average molecular weight is 564 g/mol. The maximum atomic E-state index is 13.5. The summed E-state index contributed by atoms with van der Waals surface area (Å²) in [6.07, 6.45) is 2.79. The lowest BCUT2D eigenvalue weighted by molar-refractivity contribution is -0.205. The first-order chi connectivity index (χ1) is 18.3. The smallest absolute Gasteiger partial charge is 0.240 e. The van der Waals surface area contributed by atoms with Gasteiger partial charge in [-0.25, -0.2) is 0 Å². The van der Waals surface area contributed by atoms with Gasteiger partial charge in [0.25, 0.3) is 0 Å². The molecule has 0 saturated carbocycles. The van der Waals surface area contributed by atoms with Gasteiger partial charge in [-0.15, -0.1) is 23.4 Å². The third kappa shape index (κ3) is 5.33. The molecule has 5 N–H and O–H groups in total. The van der Waals surface area contributed by atoms with E-state index in [0.29, 0.717) is 13.2 Å². The van der Waals surface area contributed by atoms with Crippen LogP contribution in [0.15, 0.2) is 42.7 Å². The minimum absolute atomic E-state index is 0.0813. The van der Waals surface area contributed by atoms with E-state index >= 15 is 0 Å². The molecule has 5 rings (SSSR count). The van der Waals surface area contributed by atoms with Crippen molar-refractivity contribution in [2.24, 2.45) is 5.92 Å². The summed E-state index contributed by atoms with van der Waals surface area (Å²) in [6, 6.07) is 6.78. The molecule has 0 radical (unpaired) electrons. The number of thioether (sulfide) groups is 1. The number of nitrogens with zero attached hydrogens (tertiary/aromatic N) is 1. The molecule has 4 heterocycles. The van der Waals surface area contributed by atoms with Crippen molar-refractivity contribution in [2.45, 2.75) is 66.8 Å². The highest BCUT2D eigenvalue weighted by Crippen LogP contribution is 2.36. The molecule has 11 heteroatoms. The number of aliphatic hydroxyl groups excluding tert-OH is 3. The number of pyridine rings is 1. The van der Waals surface area contributed by atoms with Crippen LogP contribution in [0.1, 0.15) is 18.9 Å². The Morgan fingerprint density at radius 2 is 2.05 bits per heavy atom. The van der Waals surface area contributed by atoms with Gasteiger partial charge in [-0.3, -0.25) is 9.78 Å². The zero-order valence-corrected chi connectivity index (χ0v) is 22.8. The molecule has 5 unspecified atom stereocenters. The SMILES string of the molecule is CSC1OC([C@H](NC(=O)[C@H]2NC[C@@H]3CC(c4cccc5cnccc45)=CCO[C@H]32)[C@H](C)Cl)C(O)C(O)C1O. The quantitative estimate of drug-likeness (QED) is 0.330. The Morgan fingerprint density at radius 1 is 1.24 bits per heavy atom. The fourth-order valence-electron chi connectivity index (χ4n) is 5.77. The van der Waals surface area contributed by atoms with Gasteiger partial charge in [-0.1, -0.05) is 24.3 Å². The van der Waals surface area contributed by atoms with Crippen LogP contribution in [0.25, 0.3) is 16.3 Å². The highest BCUT2D eigenvalue weighted by Gasteiger charge is 2.49. The zero-order chi connectivity index (χ0) is 27.0. The predicted molar refractivity (Wildman–Crippen MR) is 147 cm³/mol. The van der Waals surface area contributed by atoms with Crippen molar-refractivity contribution in [3.63, 3.8) is 0 Å². The van der Waals surface area contributed by atoms with Gasteiger partial charge in [-0.2, -0.15) is 0 Å². The van der Waals surface area contributed by atoms with Crippen LogP contribution in [0, 0.1) is 5.92 Å². The number of alkyl halides is 1. The second kappa shape index (κ2) is 11.8. The number of aliphatic hydroxyl groups is 3. The summed E-state index contributed by atoms with van der Waals surface area (Å²) in [5, 5.41) is 39.1. The lowest BCUT2D eigenvalue weighted by Crippen LogP contribution is -2.65. The topological polar surface area (TPSA) is 133 Å². The number of rotatable bonds is 6. The summed E-state index contributed by atoms with van der Waals surface area (Å²) in [4.78, 5) is 17.7. The van der Waals surface area contributed by atoms with Crippen LogP contribution in [0.5, 0.6) is 0 Å². The van der Waals surface area contributed by atoms with Crippen LogP contribution in [0.4, 0.5) is 0 Å². The van der Waals surface area contributed by atoms with Gasteiger partial charge < -0.3 is 35.4 Å². The largest absolute Gasteiger partial charge is 0.388 e. The fourth-order valence-corrected chi connectivity index (χ4v) is 6.66. The number of benzene rings is 1. The van der Waals surface area contributed by atoms with E-state index in [2.05, 4.69) is 27.8 Å². The van der Waals surface area contributed by atoms with Crippen molar-refractivity contribution < 1.29 is 29.6 Å². The minimum Gasteiger partial charge on any atom is -0.388 e. The number of hydrogen-bond donors (Lipinski definition) is 5. The number of carbonyl (C=O) groups is 1. The standard InChI is InChI=1S/C27H34ClN3O6S/c1-13(28)19(25-22(33)21(32)23(34)27(37-25)38-2)31-26(35)20-24-16(12-30-20)10-14(7-9-36-24)17-5-3-4-15-11-29-8-6-18(15)17/h3-8,11,13,16,19-25,27,30,32-34H,9-10,12H2,1-2H3,(H,31,35)/t13-,16-,19+,20-,21?,22?,23?,24+,25?,27?/m0/s1. The molecule has 3 aliphatic rings. The van der Waals surface area contributed by atoms with E-state index in [-0.39, 0.29) is 17.9 Å². The molecule has 0 bridgehead atoms. The molecule has 2 saturated heterocycles. The van der Waals surface area contributed by atoms with Gasteiger partial charge in [0.15, 0.2) is 0 Å². The number of ether oxygens (including phenoxy) is 2. The molecule has 0 spiro atoms. The van der Waals surface area contributed by atoms with E-state index < -0.39 is 47.3 Å². The summed E-state index contributed by atoms with van der Waals surface area (Å²) in [5.74, 6) is -0.232. The number of allylic oxidation sites excluding steroid dienone is 1. The number of hydrogen-bond acceptors (Lipinski definition) is 9. The lowest BCUT2D eigenvalue weighted by atomic mass is 9.89. The normalized spacial score (nSPS) is 35.2. The third-order valence-electron chi connectivity index (χ3n) is 7.80. The monoisotopic (exact) mass is 563 g/mol. The van der Waals surface area contributed by atoms with Crippen LogP contribution >= 0.6 is 23.4 Å². The molecule has 2 fully saturated rings. The van der Waals surface area contributed by atoms with E-state index in [0.717, 1.165) is 22.8 Å². The molecule has 3 aliphatic heterocycles. The predicted octanol–water partition coefficient (Wildman–Crippen LogP) is 1.28. The lowest BCUT2D eigenvalue weighted by Gasteiger charge is -2.44. The van der Waals surface area contributed by atoms with Crippen molar-refractivity contribution in [3.05, 3.63) is 48.3 Å². The maximum absolute atomic E-state index is 13.5. The van der Waals surface area contributed by atoms with E-state index in [1.165, 1.54) is 17.3 Å². The molecule has 1 amide bonds. The molecule has 1 aromatic carbocycles. The molecule has 9 nitrogen and oxygen atoms in total. The molecular formula is C27H34ClN3O6S. The first kappa shape index (κ1) is 27.8. The van der Waals surface area contributed by atoms with Gasteiger partial charge in [-0.05, 0) is 42.2 Å². The number of halogens is 1. The van der Waals surface area contributed by atoms with Gasteiger partial charge in [0, 0.05) is 30.2 Å². The molecule has 0 aliphatic carbocycles. The summed E-state index contributed by atoms with van der Waals surface area (Å²) in [6.45, 7) is 2.68. The van der Waals surface area contributed by atoms with Gasteiger partial charge >= 0.3 is 0 Å². The maximum Gasteiger partial charge on any atom is 0.240 e. The Labute approximate surface area is 230 Å². The van der Waals surface area contributed by atoms with E-state index in [4.69, 9.17) is 21.1 Å². The van der Waals surface area contributed by atoms with E-state index in [1.54, 1.807) is 19.4 Å². The van der Waals surface area contributed by atoms with Crippen LogP contribution in [0.2, 0.25) is 0 Å². The Hall–Kier alpha value is -1.76. The number of carbonyl (C=O) groups excluding carboxylic acids is 1. The summed E-state index contributed by atoms with van der Waals surface area (Å²) < 4.78 is 12.1. The molecule has 10 atom stereocenters. The molecule has 2 aromatic rings. The van der Waals surface area contributed by atoms with Crippen molar-refractivity contribution in [2.75, 3.05) is 19.4 Å². The Bertz CT molecular complexity index is 1180. The molecule has 1 aromatic heterocycles. The molecule has 38 heavy (non-hydrogen) atoms. The minimum atomic E-state index is -1.42. The first-order valence-electron chi connectivity index (χ1n) is 12.8. The van der Waals surface area contributed by atoms with Crippen LogP contribution in [-0.4, -0.2) is 99.0 Å². The molecule has 206 valence electrons. The van der Waals surface area contributed by atoms with E-state index in [1.807, 2.05) is 24.4 Å². The highest BCUT2D eigenvalue weighted by atomic mass is 35.5.